The molecule has 0 aliphatic carbocycles. The van der Waals surface area contributed by atoms with Crippen LogP contribution in [0.15, 0.2) is 48.9 Å². The van der Waals surface area contributed by atoms with Crippen molar-refractivity contribution < 1.29 is 0 Å². The Balaban J connectivity index is 1.58. The molecule has 0 bridgehead atoms. The lowest BCUT2D eigenvalue weighted by atomic mass is 10.1. The van der Waals surface area contributed by atoms with Gasteiger partial charge < -0.3 is 0 Å². The molecule has 3 aromatic rings. The van der Waals surface area contributed by atoms with Gasteiger partial charge in [0.1, 0.15) is 0 Å². The summed E-state index contributed by atoms with van der Waals surface area (Å²) in [4.78, 5) is 12.7. The van der Waals surface area contributed by atoms with Gasteiger partial charge in [0, 0.05) is 34.7 Å². The lowest BCUT2D eigenvalue weighted by Gasteiger charge is -2.22. The Labute approximate surface area is 128 Å². The number of nitrogens with zero attached hydrogens (tertiary/aromatic N) is 3. The molecule has 106 valence electrons. The van der Waals surface area contributed by atoms with E-state index in [1.54, 1.807) is 12.4 Å². The summed E-state index contributed by atoms with van der Waals surface area (Å²) in [6.45, 7) is 2.16. The van der Waals surface area contributed by atoms with Crippen LogP contribution in [-0.2, 0) is 6.54 Å². The van der Waals surface area contributed by atoms with E-state index in [0.717, 1.165) is 18.8 Å². The highest BCUT2D eigenvalue weighted by atomic mass is 32.1. The molecule has 0 saturated carbocycles. The number of benzene rings is 1. The molecule has 21 heavy (non-hydrogen) atoms. The molecule has 1 aromatic carbocycles. The predicted molar refractivity (Wildman–Crippen MR) is 86.2 cm³/mol. The van der Waals surface area contributed by atoms with Crippen molar-refractivity contribution in [2.75, 3.05) is 6.54 Å². The Hall–Kier alpha value is -1.78. The third kappa shape index (κ3) is 2.57. The van der Waals surface area contributed by atoms with E-state index in [1.807, 2.05) is 17.5 Å². The normalized spacial score (nSPS) is 19.3. The molecule has 0 unspecified atom stereocenters. The molecule has 0 spiro atoms. The molecule has 0 N–H and O–H groups in total. The first-order valence-electron chi connectivity index (χ1n) is 7.37. The zero-order valence-electron chi connectivity index (χ0n) is 11.8. The molecule has 4 heteroatoms. The monoisotopic (exact) mass is 295 g/mol. The minimum absolute atomic E-state index is 0.420. The highest BCUT2D eigenvalue weighted by molar-refractivity contribution is 7.19. The van der Waals surface area contributed by atoms with Gasteiger partial charge >= 0.3 is 0 Å². The summed E-state index contributed by atoms with van der Waals surface area (Å²) in [6, 6.07) is 11.4. The first-order chi connectivity index (χ1) is 10.4. The summed E-state index contributed by atoms with van der Waals surface area (Å²) in [7, 11) is 0. The fourth-order valence-corrected chi connectivity index (χ4v) is 4.24. The Bertz CT molecular complexity index is 705. The minimum atomic E-state index is 0.420. The first kappa shape index (κ1) is 12.9. The Morgan fingerprint density at radius 1 is 1.24 bits per heavy atom. The second-order valence-corrected chi connectivity index (χ2v) is 6.68. The Morgan fingerprint density at radius 3 is 3.05 bits per heavy atom. The van der Waals surface area contributed by atoms with Crippen molar-refractivity contribution in [3.8, 4) is 0 Å². The predicted octanol–water partition coefficient (Wildman–Crippen LogP) is 4.03. The Kier molecular flexibility index (Phi) is 3.41. The fourth-order valence-electron chi connectivity index (χ4n) is 3.15. The quantitative estimate of drug-likeness (QED) is 0.730. The number of hydrogen-bond acceptors (Lipinski definition) is 4. The van der Waals surface area contributed by atoms with Crippen LogP contribution < -0.4 is 0 Å². The maximum Gasteiger partial charge on any atom is 0.0758 e. The SMILES string of the molecule is c1ccc2sc(CN3CCC[C@H]3c3cnccn3)cc2c1. The van der Waals surface area contributed by atoms with Crippen LogP contribution in [-0.4, -0.2) is 21.4 Å². The molecule has 0 radical (unpaired) electrons. The molecular formula is C17H17N3S. The number of hydrogen-bond donors (Lipinski definition) is 0. The van der Waals surface area contributed by atoms with Crippen molar-refractivity contribution >= 4 is 21.4 Å². The van der Waals surface area contributed by atoms with E-state index >= 15 is 0 Å². The topological polar surface area (TPSA) is 29.0 Å². The van der Waals surface area contributed by atoms with Crippen LogP contribution in [0.25, 0.3) is 10.1 Å². The molecule has 2 aromatic heterocycles. The smallest absolute Gasteiger partial charge is 0.0758 e. The van der Waals surface area contributed by atoms with Crippen molar-refractivity contribution in [1.29, 1.82) is 0 Å². The van der Waals surface area contributed by atoms with Crippen LogP contribution in [0.2, 0.25) is 0 Å². The third-order valence-corrected chi connectivity index (χ3v) is 5.22. The summed E-state index contributed by atoms with van der Waals surface area (Å²) in [5, 5.41) is 1.35. The fraction of sp³-hybridized carbons (Fsp3) is 0.294. The van der Waals surface area contributed by atoms with E-state index in [-0.39, 0.29) is 0 Å². The number of fused-ring (bicyclic) bond motifs is 1. The summed E-state index contributed by atoms with van der Waals surface area (Å²) >= 11 is 1.90. The lowest BCUT2D eigenvalue weighted by Crippen LogP contribution is -2.23. The number of thiophene rings is 1. The third-order valence-electron chi connectivity index (χ3n) is 4.12. The van der Waals surface area contributed by atoms with E-state index in [0.29, 0.717) is 6.04 Å². The molecule has 4 rings (SSSR count). The van der Waals surface area contributed by atoms with Gasteiger partial charge in [0.2, 0.25) is 0 Å². The van der Waals surface area contributed by atoms with Crippen LogP contribution in [0.1, 0.15) is 29.5 Å². The second kappa shape index (κ2) is 5.54. The van der Waals surface area contributed by atoms with E-state index in [9.17, 15) is 0 Å². The summed E-state index contributed by atoms with van der Waals surface area (Å²) in [5.74, 6) is 0. The van der Waals surface area contributed by atoms with Crippen molar-refractivity contribution in [2.45, 2.75) is 25.4 Å². The molecule has 1 atom stereocenters. The van der Waals surface area contributed by atoms with Gasteiger partial charge in [0.05, 0.1) is 11.7 Å². The van der Waals surface area contributed by atoms with Gasteiger partial charge in [-0.05, 0) is 36.9 Å². The van der Waals surface area contributed by atoms with Crippen molar-refractivity contribution in [1.82, 2.24) is 14.9 Å². The first-order valence-corrected chi connectivity index (χ1v) is 8.19. The molecule has 3 heterocycles. The molecule has 1 saturated heterocycles. The summed E-state index contributed by atoms with van der Waals surface area (Å²) in [6.07, 6.45) is 7.88. The molecule has 1 aliphatic heterocycles. The maximum absolute atomic E-state index is 4.49. The summed E-state index contributed by atoms with van der Waals surface area (Å²) in [5.41, 5.74) is 1.11. The second-order valence-electron chi connectivity index (χ2n) is 5.51. The number of likely N-dealkylation sites (tertiary alicyclic amines) is 1. The van der Waals surface area contributed by atoms with E-state index in [4.69, 9.17) is 0 Å². The largest absolute Gasteiger partial charge is 0.290 e. The zero-order chi connectivity index (χ0) is 14.1. The molecule has 1 fully saturated rings. The van der Waals surface area contributed by atoms with Crippen LogP contribution in [0.4, 0.5) is 0 Å². The molecule has 1 aliphatic rings. The van der Waals surface area contributed by atoms with E-state index in [2.05, 4.69) is 45.2 Å². The van der Waals surface area contributed by atoms with Crippen LogP contribution in [0.5, 0.6) is 0 Å². The van der Waals surface area contributed by atoms with Crippen molar-refractivity contribution in [2.24, 2.45) is 0 Å². The summed E-state index contributed by atoms with van der Waals surface area (Å²) < 4.78 is 1.38. The van der Waals surface area contributed by atoms with Gasteiger partial charge in [0.25, 0.3) is 0 Å². The highest BCUT2D eigenvalue weighted by Crippen LogP contribution is 2.34. The number of rotatable bonds is 3. The zero-order valence-corrected chi connectivity index (χ0v) is 12.6. The van der Waals surface area contributed by atoms with Crippen LogP contribution in [0, 0.1) is 0 Å². The molecule has 0 amide bonds. The van der Waals surface area contributed by atoms with Gasteiger partial charge in [-0.2, -0.15) is 0 Å². The number of aromatic nitrogens is 2. The minimum Gasteiger partial charge on any atom is -0.290 e. The highest BCUT2D eigenvalue weighted by Gasteiger charge is 2.27. The average molecular weight is 295 g/mol. The Morgan fingerprint density at radius 2 is 2.19 bits per heavy atom. The average Bonchev–Trinajstić information content (AvgIpc) is 3.14. The van der Waals surface area contributed by atoms with Crippen LogP contribution >= 0.6 is 11.3 Å². The molecule has 3 nitrogen and oxygen atoms in total. The maximum atomic E-state index is 4.49. The van der Waals surface area contributed by atoms with E-state index < -0.39 is 0 Å². The van der Waals surface area contributed by atoms with Gasteiger partial charge in [-0.1, -0.05) is 18.2 Å². The van der Waals surface area contributed by atoms with Gasteiger partial charge in [0.15, 0.2) is 0 Å². The standard InChI is InChI=1S/C17H17N3S/c1-2-6-17-13(4-1)10-14(21-17)12-20-9-3-5-16(20)15-11-18-7-8-19-15/h1-2,4,6-8,10-11,16H,3,5,9,12H2/t16-/m0/s1. The van der Waals surface area contributed by atoms with Crippen molar-refractivity contribution in [3.63, 3.8) is 0 Å². The van der Waals surface area contributed by atoms with Gasteiger partial charge in [-0.25, -0.2) is 0 Å². The lowest BCUT2D eigenvalue weighted by molar-refractivity contribution is 0.246. The van der Waals surface area contributed by atoms with E-state index in [1.165, 1.54) is 27.8 Å². The van der Waals surface area contributed by atoms with Crippen molar-refractivity contribution in [3.05, 3.63) is 59.5 Å². The van der Waals surface area contributed by atoms with Gasteiger partial charge in [-0.3, -0.25) is 14.9 Å². The van der Waals surface area contributed by atoms with Gasteiger partial charge in [-0.15, -0.1) is 11.3 Å². The van der Waals surface area contributed by atoms with Crippen LogP contribution in [0.3, 0.4) is 0 Å². The molecular weight excluding hydrogens is 278 g/mol.